The van der Waals surface area contributed by atoms with Crippen LogP contribution in [0, 0.1) is 0 Å². The third-order valence-electron chi connectivity index (χ3n) is 5.80. The van der Waals surface area contributed by atoms with Crippen LogP contribution in [-0.4, -0.2) is 90.2 Å². The first-order chi connectivity index (χ1) is 15.9. The maximum Gasteiger partial charge on any atom is 0.123 e. The molecule has 1 saturated heterocycles. The monoisotopic (exact) mass is 459 g/mol. The Balaban J connectivity index is 1.49. The van der Waals surface area contributed by atoms with Gasteiger partial charge in [-0.15, -0.1) is 0 Å². The maximum absolute atomic E-state index is 10.0. The first-order valence-corrected chi connectivity index (χ1v) is 11.0. The van der Waals surface area contributed by atoms with Crippen molar-refractivity contribution in [3.63, 3.8) is 0 Å². The molecule has 8 nitrogen and oxygen atoms in total. The first-order valence-electron chi connectivity index (χ1n) is 11.0. The first kappa shape index (κ1) is 25.0. The number of nitrogens with zero attached hydrogens (tertiary/aromatic N) is 1. The zero-order valence-electron chi connectivity index (χ0n) is 19.0. The molecule has 180 valence electrons. The second-order valence-corrected chi connectivity index (χ2v) is 8.04. The van der Waals surface area contributed by atoms with Crippen molar-refractivity contribution in [1.29, 1.82) is 0 Å². The van der Waals surface area contributed by atoms with Gasteiger partial charge < -0.3 is 34.6 Å². The van der Waals surface area contributed by atoms with Gasteiger partial charge in [0.05, 0.1) is 39.6 Å². The molecule has 4 atom stereocenters. The largest absolute Gasteiger partial charge is 0.497 e. The molecular weight excluding hydrogens is 426 g/mol. The molecule has 1 fully saturated rings. The fourth-order valence-electron chi connectivity index (χ4n) is 3.89. The van der Waals surface area contributed by atoms with Crippen LogP contribution in [0.2, 0.25) is 0 Å². The van der Waals surface area contributed by atoms with E-state index in [2.05, 4.69) is 0 Å². The molecule has 4 N–H and O–H groups in total. The molecule has 0 aromatic heterocycles. The minimum absolute atomic E-state index is 0.198. The molecule has 0 amide bonds. The smallest absolute Gasteiger partial charge is 0.123 e. The molecule has 1 aliphatic rings. The number of hydrogen-bond donors (Lipinski definition) is 4. The highest BCUT2D eigenvalue weighted by Crippen LogP contribution is 2.24. The quantitative estimate of drug-likeness (QED) is 0.312. The van der Waals surface area contributed by atoms with Crippen LogP contribution in [0.4, 0.5) is 0 Å². The number of likely N-dealkylation sites (tertiary alicyclic amines) is 1. The SMILES string of the molecule is COc1cc(/C=C/c2ccc(OCCCN3C[C@H](O)[C@@H](O)C(O)[C@H]3CO)cc2)cc(OC)c1. The number of ether oxygens (including phenoxy) is 3. The molecule has 1 heterocycles. The van der Waals surface area contributed by atoms with Crippen LogP contribution in [0.1, 0.15) is 17.5 Å². The van der Waals surface area contributed by atoms with Gasteiger partial charge in [0, 0.05) is 19.2 Å². The normalized spacial score (nSPS) is 23.6. The van der Waals surface area contributed by atoms with E-state index in [9.17, 15) is 20.4 Å². The Bertz CT molecular complexity index is 880. The van der Waals surface area contributed by atoms with Gasteiger partial charge in [0.1, 0.15) is 29.5 Å². The molecular formula is C25H33NO7. The van der Waals surface area contributed by atoms with Crippen molar-refractivity contribution in [3.05, 3.63) is 53.6 Å². The van der Waals surface area contributed by atoms with Crippen LogP contribution in [0.25, 0.3) is 12.2 Å². The third-order valence-corrected chi connectivity index (χ3v) is 5.80. The minimum Gasteiger partial charge on any atom is -0.497 e. The molecule has 0 spiro atoms. The number of hydrogen-bond acceptors (Lipinski definition) is 8. The zero-order chi connectivity index (χ0) is 23.8. The molecule has 0 bridgehead atoms. The summed E-state index contributed by atoms with van der Waals surface area (Å²) in [5.74, 6) is 2.20. The van der Waals surface area contributed by atoms with E-state index in [0.29, 0.717) is 19.6 Å². The average molecular weight is 460 g/mol. The fourth-order valence-corrected chi connectivity index (χ4v) is 3.89. The third kappa shape index (κ3) is 6.69. The maximum atomic E-state index is 10.0. The lowest BCUT2D eigenvalue weighted by Crippen LogP contribution is -2.62. The lowest BCUT2D eigenvalue weighted by Gasteiger charge is -2.43. The number of piperidine rings is 1. The molecule has 0 aliphatic carbocycles. The van der Waals surface area contributed by atoms with E-state index >= 15 is 0 Å². The summed E-state index contributed by atoms with van der Waals surface area (Å²) in [5.41, 5.74) is 1.98. The molecule has 1 unspecified atom stereocenters. The van der Waals surface area contributed by atoms with E-state index in [0.717, 1.165) is 28.4 Å². The second-order valence-electron chi connectivity index (χ2n) is 8.04. The van der Waals surface area contributed by atoms with Crippen molar-refractivity contribution in [2.24, 2.45) is 0 Å². The Morgan fingerprint density at radius 1 is 0.879 bits per heavy atom. The number of rotatable bonds is 10. The second kappa shape index (κ2) is 12.0. The number of aliphatic hydroxyl groups is 4. The van der Waals surface area contributed by atoms with Gasteiger partial charge in [0.2, 0.25) is 0 Å². The molecule has 3 rings (SSSR count). The van der Waals surface area contributed by atoms with Crippen LogP contribution in [0.5, 0.6) is 17.2 Å². The van der Waals surface area contributed by atoms with E-state index < -0.39 is 24.4 Å². The zero-order valence-corrected chi connectivity index (χ0v) is 19.0. The van der Waals surface area contributed by atoms with Crippen molar-refractivity contribution < 1.29 is 34.6 Å². The Morgan fingerprint density at radius 3 is 2.12 bits per heavy atom. The van der Waals surface area contributed by atoms with Crippen molar-refractivity contribution in [2.75, 3.05) is 40.5 Å². The van der Waals surface area contributed by atoms with Gasteiger partial charge >= 0.3 is 0 Å². The highest BCUT2D eigenvalue weighted by atomic mass is 16.5. The Morgan fingerprint density at radius 2 is 1.52 bits per heavy atom. The van der Waals surface area contributed by atoms with E-state index in [1.165, 1.54) is 0 Å². The number of aliphatic hydroxyl groups excluding tert-OH is 4. The van der Waals surface area contributed by atoms with Crippen molar-refractivity contribution in [2.45, 2.75) is 30.8 Å². The predicted molar refractivity (Wildman–Crippen MR) is 125 cm³/mol. The molecule has 2 aromatic rings. The van der Waals surface area contributed by atoms with Crippen LogP contribution in [0.15, 0.2) is 42.5 Å². The summed E-state index contributed by atoms with van der Waals surface area (Å²) in [6, 6.07) is 12.8. The summed E-state index contributed by atoms with van der Waals surface area (Å²) < 4.78 is 16.4. The number of β-amino-alcohol motifs (C(OH)–C–C–N with tert-alkyl or cyclic N) is 1. The van der Waals surface area contributed by atoms with Crippen molar-refractivity contribution in [3.8, 4) is 17.2 Å². The van der Waals surface area contributed by atoms with Gasteiger partial charge in [-0.25, -0.2) is 0 Å². The predicted octanol–water partition coefficient (Wildman–Crippen LogP) is 1.40. The van der Waals surface area contributed by atoms with E-state index in [1.54, 1.807) is 19.1 Å². The van der Waals surface area contributed by atoms with E-state index in [1.807, 2.05) is 54.6 Å². The van der Waals surface area contributed by atoms with Crippen molar-refractivity contribution >= 4 is 12.2 Å². The molecule has 0 saturated carbocycles. The molecule has 1 aliphatic heterocycles. The Hall–Kier alpha value is -2.62. The Labute approximate surface area is 194 Å². The molecule has 0 radical (unpaired) electrons. The molecule has 8 heteroatoms. The van der Waals surface area contributed by atoms with E-state index in [-0.39, 0.29) is 13.2 Å². The van der Waals surface area contributed by atoms with Crippen LogP contribution in [-0.2, 0) is 0 Å². The fraction of sp³-hybridized carbons (Fsp3) is 0.440. The van der Waals surface area contributed by atoms with Gasteiger partial charge in [0.25, 0.3) is 0 Å². The summed E-state index contributed by atoms with van der Waals surface area (Å²) in [6.45, 7) is 0.881. The standard InChI is InChI=1S/C25H33NO7/c1-31-20-12-18(13-21(14-20)32-2)5-4-17-6-8-19(9-7-17)33-11-3-10-26-15-23(28)25(30)24(29)22(26)16-27/h4-9,12-14,22-25,27-30H,3,10-11,15-16H2,1-2H3/b5-4+/t22-,23+,24?,25-/m1/s1. The Kier molecular flexibility index (Phi) is 9.11. The number of benzene rings is 2. The topological polar surface area (TPSA) is 112 Å². The summed E-state index contributed by atoms with van der Waals surface area (Å²) in [7, 11) is 3.24. The highest BCUT2D eigenvalue weighted by molar-refractivity contribution is 5.71. The van der Waals surface area contributed by atoms with Gasteiger partial charge in [-0.1, -0.05) is 24.3 Å². The minimum atomic E-state index is -1.24. The van der Waals surface area contributed by atoms with Gasteiger partial charge in [-0.05, 0) is 41.8 Å². The lowest BCUT2D eigenvalue weighted by molar-refractivity contribution is -0.145. The summed E-state index contributed by atoms with van der Waals surface area (Å²) in [5, 5.41) is 39.2. The van der Waals surface area contributed by atoms with Crippen molar-refractivity contribution in [1.82, 2.24) is 4.90 Å². The van der Waals surface area contributed by atoms with E-state index in [4.69, 9.17) is 14.2 Å². The van der Waals surface area contributed by atoms with Crippen LogP contribution >= 0.6 is 0 Å². The van der Waals surface area contributed by atoms with Gasteiger partial charge in [0.15, 0.2) is 0 Å². The summed E-state index contributed by atoms with van der Waals surface area (Å²) in [6.07, 6.45) is 1.16. The van der Waals surface area contributed by atoms with Gasteiger partial charge in [-0.2, -0.15) is 0 Å². The molecule has 33 heavy (non-hydrogen) atoms. The lowest BCUT2D eigenvalue weighted by atomic mass is 9.94. The highest BCUT2D eigenvalue weighted by Gasteiger charge is 2.40. The molecule has 2 aromatic carbocycles. The summed E-state index contributed by atoms with van der Waals surface area (Å²) >= 11 is 0. The number of methoxy groups -OCH3 is 2. The van der Waals surface area contributed by atoms with Gasteiger partial charge in [-0.3, -0.25) is 4.90 Å². The van der Waals surface area contributed by atoms with Crippen LogP contribution < -0.4 is 14.2 Å². The van der Waals surface area contributed by atoms with Crippen LogP contribution in [0.3, 0.4) is 0 Å². The average Bonchev–Trinajstić information content (AvgIpc) is 2.84. The summed E-state index contributed by atoms with van der Waals surface area (Å²) in [4.78, 5) is 1.78.